The number of piperidine rings is 1. The minimum Gasteiger partial charge on any atom is -0.336 e. The lowest BCUT2D eigenvalue weighted by Crippen LogP contribution is -2.48. The van der Waals surface area contributed by atoms with Gasteiger partial charge >= 0.3 is 0 Å². The van der Waals surface area contributed by atoms with E-state index in [2.05, 4.69) is 23.9 Å². The van der Waals surface area contributed by atoms with Gasteiger partial charge in [-0.25, -0.2) is 4.98 Å². The first-order valence-electron chi connectivity index (χ1n) is 10.3. The lowest BCUT2D eigenvalue weighted by Gasteiger charge is -2.40. The highest BCUT2D eigenvalue weighted by Crippen LogP contribution is 2.43. The lowest BCUT2D eigenvalue weighted by molar-refractivity contribution is 0.0621. The first-order chi connectivity index (χ1) is 13.3. The third-order valence-corrected chi connectivity index (χ3v) is 6.26. The number of amides is 1. The summed E-state index contributed by atoms with van der Waals surface area (Å²) in [5.74, 6) is 0.974. The summed E-state index contributed by atoms with van der Waals surface area (Å²) in [6.45, 7) is 10.1. The number of aromatic amines is 1. The summed E-state index contributed by atoms with van der Waals surface area (Å²) >= 11 is 0. The van der Waals surface area contributed by atoms with Gasteiger partial charge in [0, 0.05) is 30.6 Å². The second-order valence-electron chi connectivity index (χ2n) is 8.51. The standard InChI is InChI=1S/C21H29N5O2/c1-5-26-17(11-16(24-26)13(2)3)20(28)25-10-6-8-21(12-25)9-7-15-18(21)22-14(4)23-19(15)27/h11,13H,5-10,12H2,1-4H3,(H,22,23,27). The Bertz CT molecular complexity index is 974. The number of rotatable bonds is 3. The Morgan fingerprint density at radius 3 is 2.86 bits per heavy atom. The van der Waals surface area contributed by atoms with Gasteiger partial charge in [-0.3, -0.25) is 14.3 Å². The molecule has 1 fully saturated rings. The third-order valence-electron chi connectivity index (χ3n) is 6.26. The molecule has 1 saturated heterocycles. The third kappa shape index (κ3) is 2.97. The molecule has 1 N–H and O–H groups in total. The highest BCUT2D eigenvalue weighted by molar-refractivity contribution is 5.93. The fourth-order valence-electron chi connectivity index (χ4n) is 4.76. The van der Waals surface area contributed by atoms with Crippen LogP contribution < -0.4 is 5.56 Å². The molecule has 1 aliphatic carbocycles. The molecule has 2 aromatic heterocycles. The quantitative estimate of drug-likeness (QED) is 0.883. The monoisotopic (exact) mass is 383 g/mol. The van der Waals surface area contributed by atoms with Gasteiger partial charge in [0.2, 0.25) is 0 Å². The largest absolute Gasteiger partial charge is 0.336 e. The highest BCUT2D eigenvalue weighted by atomic mass is 16.2. The van der Waals surface area contributed by atoms with Crippen LogP contribution in [0.3, 0.4) is 0 Å². The fourth-order valence-corrected chi connectivity index (χ4v) is 4.76. The molecule has 0 saturated carbocycles. The molecule has 1 spiro atoms. The Labute approximate surface area is 165 Å². The van der Waals surface area contributed by atoms with Gasteiger partial charge in [-0.1, -0.05) is 13.8 Å². The topological polar surface area (TPSA) is 83.9 Å². The van der Waals surface area contributed by atoms with E-state index in [0.717, 1.165) is 49.2 Å². The van der Waals surface area contributed by atoms with Crippen molar-refractivity contribution in [2.75, 3.05) is 13.1 Å². The smallest absolute Gasteiger partial charge is 0.272 e. The molecule has 2 aromatic rings. The van der Waals surface area contributed by atoms with Crippen molar-refractivity contribution >= 4 is 5.91 Å². The molecule has 0 aromatic carbocycles. The molecule has 1 unspecified atom stereocenters. The van der Waals surface area contributed by atoms with Gasteiger partial charge in [-0.15, -0.1) is 0 Å². The van der Waals surface area contributed by atoms with E-state index in [0.29, 0.717) is 24.6 Å². The van der Waals surface area contributed by atoms with Gasteiger partial charge in [0.25, 0.3) is 11.5 Å². The Balaban J connectivity index is 1.66. The number of nitrogens with one attached hydrogen (secondary N) is 1. The predicted octanol–water partition coefficient (Wildman–Crippen LogP) is 2.54. The summed E-state index contributed by atoms with van der Waals surface area (Å²) in [6, 6.07) is 1.94. The van der Waals surface area contributed by atoms with Crippen LogP contribution in [0.4, 0.5) is 0 Å². The lowest BCUT2D eigenvalue weighted by atomic mass is 9.77. The fraction of sp³-hybridized carbons (Fsp3) is 0.619. The number of carbonyl (C=O) groups excluding carboxylic acids is 1. The minimum absolute atomic E-state index is 0.0199. The van der Waals surface area contributed by atoms with Crippen molar-refractivity contribution < 1.29 is 4.79 Å². The zero-order valence-corrected chi connectivity index (χ0v) is 17.2. The normalized spacial score (nSPS) is 21.5. The van der Waals surface area contributed by atoms with Crippen molar-refractivity contribution in [1.82, 2.24) is 24.6 Å². The molecule has 7 nitrogen and oxygen atoms in total. The van der Waals surface area contributed by atoms with E-state index in [-0.39, 0.29) is 22.8 Å². The zero-order chi connectivity index (χ0) is 20.1. The van der Waals surface area contributed by atoms with Crippen LogP contribution in [0.1, 0.15) is 79.2 Å². The Hall–Kier alpha value is -2.44. The van der Waals surface area contributed by atoms with E-state index in [1.54, 1.807) is 0 Å². The molecule has 1 amide bonds. The number of aromatic nitrogens is 4. The molecule has 0 bridgehead atoms. The Kier molecular flexibility index (Phi) is 4.63. The molecule has 1 aliphatic heterocycles. The molecule has 2 aliphatic rings. The van der Waals surface area contributed by atoms with Crippen molar-refractivity contribution in [1.29, 1.82) is 0 Å². The van der Waals surface area contributed by atoms with Crippen LogP contribution in [0.2, 0.25) is 0 Å². The molecular formula is C21H29N5O2. The van der Waals surface area contributed by atoms with Gasteiger partial charge in [0.1, 0.15) is 11.5 Å². The number of fused-ring (bicyclic) bond motifs is 2. The average molecular weight is 383 g/mol. The SMILES string of the molecule is CCn1nc(C(C)C)cc1C(=O)N1CCCC2(CCc3c2nc(C)[nH]c3=O)C1. The molecule has 1 atom stereocenters. The van der Waals surface area contributed by atoms with Gasteiger partial charge < -0.3 is 9.88 Å². The van der Waals surface area contributed by atoms with E-state index < -0.39 is 0 Å². The summed E-state index contributed by atoms with van der Waals surface area (Å²) in [5, 5.41) is 4.60. The van der Waals surface area contributed by atoms with Gasteiger partial charge in [-0.05, 0) is 51.5 Å². The molecule has 0 radical (unpaired) electrons. The van der Waals surface area contributed by atoms with Crippen LogP contribution in [-0.4, -0.2) is 43.6 Å². The molecular weight excluding hydrogens is 354 g/mol. The molecule has 4 rings (SSSR count). The van der Waals surface area contributed by atoms with Crippen LogP contribution in [0.5, 0.6) is 0 Å². The molecule has 28 heavy (non-hydrogen) atoms. The van der Waals surface area contributed by atoms with E-state index in [4.69, 9.17) is 4.98 Å². The number of carbonyl (C=O) groups is 1. The van der Waals surface area contributed by atoms with Crippen LogP contribution in [0, 0.1) is 6.92 Å². The van der Waals surface area contributed by atoms with Gasteiger partial charge in [0.05, 0.1) is 11.4 Å². The summed E-state index contributed by atoms with van der Waals surface area (Å²) in [7, 11) is 0. The second kappa shape index (κ2) is 6.87. The molecule has 3 heterocycles. The maximum atomic E-state index is 13.4. The number of aryl methyl sites for hydroxylation is 2. The number of H-pyrrole nitrogens is 1. The first-order valence-corrected chi connectivity index (χ1v) is 10.3. The van der Waals surface area contributed by atoms with Gasteiger partial charge in [-0.2, -0.15) is 5.10 Å². The maximum Gasteiger partial charge on any atom is 0.272 e. The summed E-state index contributed by atoms with van der Waals surface area (Å²) in [6.07, 6.45) is 3.53. The van der Waals surface area contributed by atoms with E-state index in [9.17, 15) is 9.59 Å². The van der Waals surface area contributed by atoms with E-state index >= 15 is 0 Å². The van der Waals surface area contributed by atoms with E-state index in [1.165, 1.54) is 0 Å². The summed E-state index contributed by atoms with van der Waals surface area (Å²) in [4.78, 5) is 35.2. The van der Waals surface area contributed by atoms with Crippen molar-refractivity contribution in [3.8, 4) is 0 Å². The maximum absolute atomic E-state index is 13.4. The van der Waals surface area contributed by atoms with Crippen molar-refractivity contribution in [2.45, 2.75) is 71.3 Å². The van der Waals surface area contributed by atoms with Crippen molar-refractivity contribution in [3.63, 3.8) is 0 Å². The number of hydrogen-bond acceptors (Lipinski definition) is 4. The number of likely N-dealkylation sites (tertiary alicyclic amines) is 1. The Morgan fingerprint density at radius 1 is 1.36 bits per heavy atom. The minimum atomic E-state index is -0.194. The second-order valence-corrected chi connectivity index (χ2v) is 8.51. The summed E-state index contributed by atoms with van der Waals surface area (Å²) in [5.41, 5.74) is 3.12. The van der Waals surface area contributed by atoms with Crippen LogP contribution in [0.15, 0.2) is 10.9 Å². The van der Waals surface area contributed by atoms with Crippen molar-refractivity contribution in [2.24, 2.45) is 0 Å². The van der Waals surface area contributed by atoms with Gasteiger partial charge in [0.15, 0.2) is 0 Å². The number of hydrogen-bond donors (Lipinski definition) is 1. The van der Waals surface area contributed by atoms with Crippen LogP contribution in [0.25, 0.3) is 0 Å². The Morgan fingerprint density at radius 2 is 2.14 bits per heavy atom. The zero-order valence-electron chi connectivity index (χ0n) is 17.2. The average Bonchev–Trinajstić information content (AvgIpc) is 3.24. The number of nitrogens with zero attached hydrogens (tertiary/aromatic N) is 4. The molecule has 7 heteroatoms. The highest BCUT2D eigenvalue weighted by Gasteiger charge is 2.45. The first kappa shape index (κ1) is 18.9. The van der Waals surface area contributed by atoms with Crippen LogP contribution >= 0.6 is 0 Å². The van der Waals surface area contributed by atoms with E-state index in [1.807, 2.05) is 29.5 Å². The van der Waals surface area contributed by atoms with Crippen molar-refractivity contribution in [3.05, 3.63) is 44.9 Å². The van der Waals surface area contributed by atoms with Crippen LogP contribution in [-0.2, 0) is 18.4 Å². The predicted molar refractivity (Wildman–Crippen MR) is 107 cm³/mol. The molecule has 150 valence electrons. The summed E-state index contributed by atoms with van der Waals surface area (Å²) < 4.78 is 1.81.